The monoisotopic (exact) mass is 622 g/mol. The number of amides is 2. The number of rotatable bonds is 9. The molecule has 0 bridgehead atoms. The Hall–Kier alpha value is -2.93. The zero-order valence-electron chi connectivity index (χ0n) is 20.6. The third-order valence-corrected chi connectivity index (χ3v) is 6.11. The fourth-order valence-electron chi connectivity index (χ4n) is 3.49. The van der Waals surface area contributed by atoms with Crippen LogP contribution in [-0.4, -0.2) is 30.1 Å². The molecule has 2 atom stereocenters. The van der Waals surface area contributed by atoms with Crippen molar-refractivity contribution in [3.8, 4) is 0 Å². The Morgan fingerprint density at radius 2 is 1.55 bits per heavy atom. The molecule has 2 N–H and O–H groups in total. The van der Waals surface area contributed by atoms with Crippen LogP contribution in [0.4, 0.5) is 39.5 Å². The number of alkyl halides is 8. The second-order valence-corrected chi connectivity index (χ2v) is 9.57. The lowest BCUT2D eigenvalue weighted by molar-refractivity contribution is -0.144. The van der Waals surface area contributed by atoms with Crippen molar-refractivity contribution >= 4 is 40.8 Å². The molecule has 0 heterocycles. The van der Waals surface area contributed by atoms with Gasteiger partial charge in [-0.1, -0.05) is 35.3 Å². The smallest absolute Gasteiger partial charge is 0.336 e. The van der Waals surface area contributed by atoms with Crippen molar-refractivity contribution in [1.29, 1.82) is 0 Å². The molecule has 0 saturated heterocycles. The van der Waals surface area contributed by atoms with Gasteiger partial charge in [-0.05, 0) is 42.8 Å². The predicted molar refractivity (Wildman–Crippen MR) is 131 cm³/mol. The summed E-state index contributed by atoms with van der Waals surface area (Å²) in [5, 5.41) is 3.90. The molecular formula is C25H21Cl2F9N2O2. The maximum Gasteiger partial charge on any atom is 0.417 e. The van der Waals surface area contributed by atoms with Crippen molar-refractivity contribution in [2.75, 3.05) is 0 Å². The van der Waals surface area contributed by atoms with Crippen LogP contribution >= 0.6 is 23.2 Å². The van der Waals surface area contributed by atoms with Crippen molar-refractivity contribution in [2.45, 2.75) is 57.0 Å². The van der Waals surface area contributed by atoms with Gasteiger partial charge in [0.25, 0.3) is 11.8 Å². The quantitative estimate of drug-likeness (QED) is 0.218. The summed E-state index contributed by atoms with van der Waals surface area (Å²) in [6.45, 7) is 1.57. The Labute approximate surface area is 232 Å². The second kappa shape index (κ2) is 12.7. The van der Waals surface area contributed by atoms with Gasteiger partial charge in [-0.15, -0.1) is 0 Å². The number of hydrogen-bond donors (Lipinski definition) is 2. The summed E-state index contributed by atoms with van der Waals surface area (Å²) in [5.74, 6) is -9.50. The minimum absolute atomic E-state index is 0.0342. The van der Waals surface area contributed by atoms with Crippen LogP contribution in [0.25, 0.3) is 5.83 Å². The number of carbonyl (C=O) groups is 2. The average Bonchev–Trinajstić information content (AvgIpc) is 2.80. The molecule has 0 fully saturated rings. The van der Waals surface area contributed by atoms with Crippen LogP contribution in [0.15, 0.2) is 42.5 Å². The highest BCUT2D eigenvalue weighted by Crippen LogP contribution is 2.40. The van der Waals surface area contributed by atoms with Crippen LogP contribution in [0.1, 0.15) is 59.7 Å². The normalized spacial score (nSPS) is 14.5. The number of halogens is 11. The van der Waals surface area contributed by atoms with E-state index < -0.39 is 77.5 Å². The number of carbonyl (C=O) groups excluding carboxylic acids is 2. The van der Waals surface area contributed by atoms with Gasteiger partial charge in [-0.25, -0.2) is 13.2 Å². The Morgan fingerprint density at radius 1 is 0.925 bits per heavy atom. The van der Waals surface area contributed by atoms with E-state index in [0.29, 0.717) is 19.1 Å². The van der Waals surface area contributed by atoms with E-state index in [1.54, 1.807) is 0 Å². The Kier molecular flexibility index (Phi) is 10.6. The van der Waals surface area contributed by atoms with Crippen molar-refractivity contribution in [1.82, 2.24) is 10.6 Å². The topological polar surface area (TPSA) is 58.2 Å². The molecule has 2 rings (SSSR count). The van der Waals surface area contributed by atoms with Gasteiger partial charge in [0.15, 0.2) is 0 Å². The Balaban J connectivity index is 2.36. The summed E-state index contributed by atoms with van der Waals surface area (Å²) in [5.41, 5.74) is -3.58. The fourth-order valence-corrected chi connectivity index (χ4v) is 3.79. The van der Waals surface area contributed by atoms with Crippen LogP contribution in [-0.2, 0) is 11.0 Å². The zero-order valence-corrected chi connectivity index (χ0v) is 22.1. The second-order valence-electron chi connectivity index (χ2n) is 8.76. The lowest BCUT2D eigenvalue weighted by Gasteiger charge is -2.22. The molecule has 220 valence electrons. The minimum atomic E-state index is -5.21. The fraction of sp³-hybridized carbons (Fsp3) is 0.360. The summed E-state index contributed by atoms with van der Waals surface area (Å²) in [6, 6.07) is 5.00. The van der Waals surface area contributed by atoms with Gasteiger partial charge in [-0.3, -0.25) is 9.59 Å². The lowest BCUT2D eigenvalue weighted by atomic mass is 9.91. The van der Waals surface area contributed by atoms with Crippen LogP contribution in [0.3, 0.4) is 0 Å². The molecule has 15 heteroatoms. The number of allylic oxidation sites excluding steroid dienone is 1. The first-order chi connectivity index (χ1) is 18.2. The van der Waals surface area contributed by atoms with E-state index in [2.05, 4.69) is 0 Å². The van der Waals surface area contributed by atoms with Crippen LogP contribution in [0, 0.1) is 0 Å². The number of benzene rings is 2. The van der Waals surface area contributed by atoms with Gasteiger partial charge >= 0.3 is 12.4 Å². The van der Waals surface area contributed by atoms with E-state index in [9.17, 15) is 44.7 Å². The van der Waals surface area contributed by atoms with E-state index in [1.807, 2.05) is 10.6 Å². The summed E-state index contributed by atoms with van der Waals surface area (Å²) in [7, 11) is 0. The highest BCUT2D eigenvalue weighted by Gasteiger charge is 2.38. The standard InChI is InChI=1S/C25H21Cl2F9N2O2/c1-12(37-21(39)7-8-24(31,32)33)38-22(40)15-5-3-14(9-17(15)25(34,35)36)20(28)11-16(23(2,29)30)13-4-6-18(26)19(27)10-13/h3-6,9-12,16H,7-8H2,1-2H3,(H,37,39)(H,38,40)/b20-11-/t12-,16?/m1/s1. The summed E-state index contributed by atoms with van der Waals surface area (Å²) < 4.78 is 122. The molecule has 0 radical (unpaired) electrons. The summed E-state index contributed by atoms with van der Waals surface area (Å²) >= 11 is 11.6. The zero-order chi connectivity index (χ0) is 30.6. The molecule has 40 heavy (non-hydrogen) atoms. The van der Waals surface area contributed by atoms with Crippen molar-refractivity contribution < 1.29 is 49.1 Å². The van der Waals surface area contributed by atoms with E-state index >= 15 is 4.39 Å². The van der Waals surface area contributed by atoms with Gasteiger partial charge in [0.2, 0.25) is 5.91 Å². The van der Waals surface area contributed by atoms with Gasteiger partial charge in [-0.2, -0.15) is 26.3 Å². The molecule has 4 nitrogen and oxygen atoms in total. The highest BCUT2D eigenvalue weighted by molar-refractivity contribution is 6.42. The molecule has 0 aliphatic rings. The lowest BCUT2D eigenvalue weighted by Crippen LogP contribution is -2.46. The number of nitrogens with one attached hydrogen (secondary N) is 2. The Morgan fingerprint density at radius 3 is 2.08 bits per heavy atom. The molecular weight excluding hydrogens is 602 g/mol. The van der Waals surface area contributed by atoms with E-state index in [0.717, 1.165) is 25.1 Å². The Bertz CT molecular complexity index is 1270. The average molecular weight is 623 g/mol. The number of hydrogen-bond acceptors (Lipinski definition) is 2. The maximum atomic E-state index is 15.1. The largest absolute Gasteiger partial charge is 0.417 e. The molecule has 2 aromatic rings. The van der Waals surface area contributed by atoms with Gasteiger partial charge < -0.3 is 10.6 Å². The predicted octanol–water partition coefficient (Wildman–Crippen LogP) is 8.30. The van der Waals surface area contributed by atoms with Crippen molar-refractivity contribution in [3.63, 3.8) is 0 Å². The molecule has 0 aromatic heterocycles. The molecule has 0 aliphatic carbocycles. The van der Waals surface area contributed by atoms with Crippen molar-refractivity contribution in [2.24, 2.45) is 0 Å². The molecule has 2 amide bonds. The van der Waals surface area contributed by atoms with Gasteiger partial charge in [0, 0.05) is 18.9 Å². The van der Waals surface area contributed by atoms with Crippen LogP contribution in [0.2, 0.25) is 10.0 Å². The molecule has 0 spiro atoms. The van der Waals surface area contributed by atoms with Gasteiger partial charge in [0.05, 0.1) is 39.7 Å². The van der Waals surface area contributed by atoms with Crippen molar-refractivity contribution in [3.05, 3.63) is 74.8 Å². The third kappa shape index (κ3) is 9.61. The SMILES string of the molecule is C[C@H](NC(=O)CCC(F)(F)F)NC(=O)c1ccc(/C(F)=C/C(c2ccc(Cl)c(Cl)c2)C(C)(F)F)cc1C(F)(F)F. The highest BCUT2D eigenvalue weighted by atomic mass is 35.5. The molecule has 1 unspecified atom stereocenters. The molecule has 2 aromatic carbocycles. The third-order valence-electron chi connectivity index (χ3n) is 5.37. The molecule has 0 aliphatic heterocycles. The minimum Gasteiger partial charge on any atom is -0.336 e. The van der Waals surface area contributed by atoms with E-state index in [1.165, 1.54) is 6.07 Å². The van der Waals surface area contributed by atoms with E-state index in [-0.39, 0.29) is 21.7 Å². The first kappa shape index (κ1) is 33.3. The van der Waals surface area contributed by atoms with E-state index in [4.69, 9.17) is 23.2 Å². The van der Waals surface area contributed by atoms with Gasteiger partial charge in [0.1, 0.15) is 5.83 Å². The first-order valence-corrected chi connectivity index (χ1v) is 12.0. The first-order valence-electron chi connectivity index (χ1n) is 11.3. The molecule has 0 saturated carbocycles. The summed E-state index contributed by atoms with van der Waals surface area (Å²) in [4.78, 5) is 24.1. The van der Waals surface area contributed by atoms with Crippen LogP contribution < -0.4 is 10.6 Å². The summed E-state index contributed by atoms with van der Waals surface area (Å²) in [6.07, 6.45) is -13.2. The van der Waals surface area contributed by atoms with Crippen LogP contribution in [0.5, 0.6) is 0 Å². The maximum absolute atomic E-state index is 15.1.